The maximum Gasteiger partial charge on any atom is 0.422 e. The minimum absolute atomic E-state index is 0.175. The standard InChI is InChI=1S/C27H41N5O4/c1-27(2,3)36-26(35)29-32-14-11-20(12-15-32)10-13-30-16-18-31(19-17-30)22-6-4-21(5-7-22)23-8-9-24(33)28-25(23)34/h4-7,20,23H,8-19H2,1-3H3,(H,29,35)(H,28,33,34). The zero-order valence-corrected chi connectivity index (χ0v) is 21.9. The summed E-state index contributed by atoms with van der Waals surface area (Å²) in [5.41, 5.74) is 4.56. The number of carbonyl (C=O) groups is 3. The van der Waals surface area contributed by atoms with Gasteiger partial charge < -0.3 is 9.64 Å². The molecule has 4 rings (SSSR count). The Morgan fingerprint density at radius 1 is 1.00 bits per heavy atom. The maximum atomic E-state index is 12.1. The van der Waals surface area contributed by atoms with Gasteiger partial charge in [0.15, 0.2) is 0 Å². The maximum absolute atomic E-state index is 12.1. The summed E-state index contributed by atoms with van der Waals surface area (Å²) < 4.78 is 5.35. The first kappa shape index (κ1) is 26.4. The molecule has 198 valence electrons. The van der Waals surface area contributed by atoms with Crippen LogP contribution < -0.4 is 15.6 Å². The number of piperazine rings is 1. The van der Waals surface area contributed by atoms with Crippen LogP contribution >= 0.6 is 0 Å². The van der Waals surface area contributed by atoms with Crippen LogP contribution in [-0.2, 0) is 14.3 Å². The molecule has 2 N–H and O–H groups in total. The van der Waals surface area contributed by atoms with Gasteiger partial charge in [0.1, 0.15) is 5.60 Å². The van der Waals surface area contributed by atoms with E-state index in [0.29, 0.717) is 18.8 Å². The number of piperidine rings is 2. The van der Waals surface area contributed by atoms with Gasteiger partial charge in [-0.3, -0.25) is 25.2 Å². The second kappa shape index (κ2) is 11.6. The van der Waals surface area contributed by atoms with Crippen molar-refractivity contribution in [3.05, 3.63) is 29.8 Å². The summed E-state index contributed by atoms with van der Waals surface area (Å²) in [6.07, 6.45) is 4.00. The van der Waals surface area contributed by atoms with E-state index >= 15 is 0 Å². The third kappa shape index (κ3) is 7.43. The van der Waals surface area contributed by atoms with Crippen molar-refractivity contribution in [1.82, 2.24) is 20.7 Å². The van der Waals surface area contributed by atoms with E-state index in [1.807, 2.05) is 37.9 Å². The molecule has 1 aromatic carbocycles. The Bertz CT molecular complexity index is 913. The van der Waals surface area contributed by atoms with Crippen molar-refractivity contribution >= 4 is 23.6 Å². The molecule has 36 heavy (non-hydrogen) atoms. The van der Waals surface area contributed by atoms with E-state index in [-0.39, 0.29) is 23.8 Å². The summed E-state index contributed by atoms with van der Waals surface area (Å²) >= 11 is 0. The van der Waals surface area contributed by atoms with E-state index in [1.54, 1.807) is 0 Å². The molecule has 0 bridgehead atoms. The smallest absolute Gasteiger partial charge is 0.422 e. The molecule has 0 aromatic heterocycles. The molecule has 1 atom stereocenters. The van der Waals surface area contributed by atoms with E-state index in [0.717, 1.165) is 64.2 Å². The fourth-order valence-electron chi connectivity index (χ4n) is 5.29. The SMILES string of the molecule is CC(C)(C)OC(=O)NN1CCC(CCN2CCN(c3ccc(C4CCC(=O)NC4=O)cc3)CC2)CC1. The van der Waals surface area contributed by atoms with Gasteiger partial charge in [-0.1, -0.05) is 12.1 Å². The number of anilines is 1. The highest BCUT2D eigenvalue weighted by atomic mass is 16.6. The minimum Gasteiger partial charge on any atom is -0.443 e. The number of hydrogen-bond donors (Lipinski definition) is 2. The summed E-state index contributed by atoms with van der Waals surface area (Å²) in [7, 11) is 0. The number of ether oxygens (including phenoxy) is 1. The van der Waals surface area contributed by atoms with Crippen molar-refractivity contribution in [2.75, 3.05) is 50.7 Å². The van der Waals surface area contributed by atoms with Crippen molar-refractivity contribution < 1.29 is 19.1 Å². The number of hydrogen-bond acceptors (Lipinski definition) is 7. The number of benzene rings is 1. The number of imide groups is 1. The van der Waals surface area contributed by atoms with E-state index in [1.165, 1.54) is 12.1 Å². The predicted molar refractivity (Wildman–Crippen MR) is 139 cm³/mol. The normalized spacial score (nSPS) is 22.9. The molecular formula is C27H41N5O4. The molecule has 3 aliphatic heterocycles. The Hall–Kier alpha value is -2.65. The van der Waals surface area contributed by atoms with Crippen molar-refractivity contribution in [3.63, 3.8) is 0 Å². The van der Waals surface area contributed by atoms with Gasteiger partial charge in [-0.2, -0.15) is 0 Å². The van der Waals surface area contributed by atoms with E-state index in [9.17, 15) is 14.4 Å². The predicted octanol–water partition coefficient (Wildman–Crippen LogP) is 2.87. The van der Waals surface area contributed by atoms with E-state index in [4.69, 9.17) is 4.74 Å². The Kier molecular flexibility index (Phi) is 8.51. The van der Waals surface area contributed by atoms with Crippen LogP contribution in [0.5, 0.6) is 0 Å². The van der Waals surface area contributed by atoms with Gasteiger partial charge in [0.2, 0.25) is 11.8 Å². The Morgan fingerprint density at radius 3 is 2.28 bits per heavy atom. The lowest BCUT2D eigenvalue weighted by Crippen LogP contribution is -2.49. The number of rotatable bonds is 6. The summed E-state index contributed by atoms with van der Waals surface area (Å²) in [5, 5.41) is 4.43. The molecule has 3 heterocycles. The van der Waals surface area contributed by atoms with Crippen molar-refractivity contribution in [2.45, 2.75) is 64.4 Å². The number of amides is 3. The van der Waals surface area contributed by atoms with Crippen LogP contribution in [0.1, 0.15) is 64.4 Å². The molecule has 0 aliphatic carbocycles. The van der Waals surface area contributed by atoms with Crippen molar-refractivity contribution in [3.8, 4) is 0 Å². The molecule has 3 fully saturated rings. The van der Waals surface area contributed by atoms with Crippen LogP contribution in [0.3, 0.4) is 0 Å². The van der Waals surface area contributed by atoms with Gasteiger partial charge in [0, 0.05) is 51.4 Å². The zero-order chi connectivity index (χ0) is 25.7. The molecule has 0 radical (unpaired) electrons. The molecule has 1 unspecified atom stereocenters. The van der Waals surface area contributed by atoms with Crippen LogP contribution in [0.25, 0.3) is 0 Å². The van der Waals surface area contributed by atoms with E-state index < -0.39 is 5.60 Å². The average molecular weight is 500 g/mol. The fraction of sp³-hybridized carbons (Fsp3) is 0.667. The third-order valence-electron chi connectivity index (χ3n) is 7.39. The minimum atomic E-state index is -0.480. The van der Waals surface area contributed by atoms with Gasteiger partial charge in [-0.15, -0.1) is 0 Å². The zero-order valence-electron chi connectivity index (χ0n) is 21.9. The van der Waals surface area contributed by atoms with Crippen LogP contribution in [-0.4, -0.2) is 79.2 Å². The fourth-order valence-corrected chi connectivity index (χ4v) is 5.29. The first-order chi connectivity index (χ1) is 17.2. The summed E-state index contributed by atoms with van der Waals surface area (Å²) in [6.45, 7) is 12.6. The van der Waals surface area contributed by atoms with Gasteiger partial charge in [0.05, 0.1) is 5.92 Å². The van der Waals surface area contributed by atoms with Gasteiger partial charge >= 0.3 is 6.09 Å². The van der Waals surface area contributed by atoms with Gasteiger partial charge in [-0.05, 0) is 76.6 Å². The van der Waals surface area contributed by atoms with Crippen LogP contribution in [0.2, 0.25) is 0 Å². The second-order valence-electron chi connectivity index (χ2n) is 11.3. The Labute approximate surface area is 214 Å². The molecule has 3 saturated heterocycles. The molecule has 1 aromatic rings. The molecule has 9 heteroatoms. The van der Waals surface area contributed by atoms with Crippen LogP contribution in [0, 0.1) is 5.92 Å². The monoisotopic (exact) mass is 499 g/mol. The Balaban J connectivity index is 1.14. The van der Waals surface area contributed by atoms with Gasteiger partial charge in [0.25, 0.3) is 0 Å². The molecule has 3 amide bonds. The lowest BCUT2D eigenvalue weighted by Gasteiger charge is -2.37. The second-order valence-corrected chi connectivity index (χ2v) is 11.3. The van der Waals surface area contributed by atoms with E-state index in [2.05, 4.69) is 32.7 Å². The summed E-state index contributed by atoms with van der Waals surface area (Å²) in [6, 6.07) is 8.28. The largest absolute Gasteiger partial charge is 0.443 e. The quantitative estimate of drug-likeness (QED) is 0.581. The third-order valence-corrected chi connectivity index (χ3v) is 7.39. The van der Waals surface area contributed by atoms with Crippen molar-refractivity contribution in [2.24, 2.45) is 5.92 Å². The molecule has 3 aliphatic rings. The van der Waals surface area contributed by atoms with Crippen LogP contribution in [0.15, 0.2) is 24.3 Å². The topological polar surface area (TPSA) is 94.2 Å². The highest BCUT2D eigenvalue weighted by molar-refractivity contribution is 6.00. The number of nitrogens with one attached hydrogen (secondary N) is 2. The van der Waals surface area contributed by atoms with Gasteiger partial charge in [-0.25, -0.2) is 9.80 Å². The molecular weight excluding hydrogens is 458 g/mol. The lowest BCUT2D eigenvalue weighted by atomic mass is 9.90. The van der Waals surface area contributed by atoms with Crippen molar-refractivity contribution in [1.29, 1.82) is 0 Å². The lowest BCUT2D eigenvalue weighted by molar-refractivity contribution is -0.134. The summed E-state index contributed by atoms with van der Waals surface area (Å²) in [4.78, 5) is 40.5. The highest BCUT2D eigenvalue weighted by Gasteiger charge is 2.28. The first-order valence-electron chi connectivity index (χ1n) is 13.3. The number of nitrogens with zero attached hydrogens (tertiary/aromatic N) is 3. The van der Waals surface area contributed by atoms with Crippen LogP contribution in [0.4, 0.5) is 10.5 Å². The molecule has 0 spiro atoms. The highest BCUT2D eigenvalue weighted by Crippen LogP contribution is 2.27. The molecule has 0 saturated carbocycles. The Morgan fingerprint density at radius 2 is 1.67 bits per heavy atom. The molecule has 9 nitrogen and oxygen atoms in total. The average Bonchev–Trinajstić information content (AvgIpc) is 2.83. The first-order valence-corrected chi connectivity index (χ1v) is 13.3. The number of hydrazine groups is 1. The number of carbonyl (C=O) groups excluding carboxylic acids is 3. The summed E-state index contributed by atoms with van der Waals surface area (Å²) in [5.74, 6) is 0.108.